The minimum absolute atomic E-state index is 0.189. The Balaban J connectivity index is 2.57. The number of benzene rings is 1. The van der Waals surface area contributed by atoms with Gasteiger partial charge < -0.3 is 14.8 Å². The van der Waals surface area contributed by atoms with Gasteiger partial charge in [0.25, 0.3) is 0 Å². The summed E-state index contributed by atoms with van der Waals surface area (Å²) in [6.45, 7) is 1.82. The van der Waals surface area contributed by atoms with Crippen LogP contribution >= 0.6 is 0 Å². The van der Waals surface area contributed by atoms with Crippen LogP contribution in [-0.4, -0.2) is 31.3 Å². The van der Waals surface area contributed by atoms with Crippen LogP contribution in [0.15, 0.2) is 30.3 Å². The van der Waals surface area contributed by atoms with E-state index >= 15 is 0 Å². The molecule has 1 aromatic carbocycles. The van der Waals surface area contributed by atoms with E-state index in [2.05, 4.69) is 5.32 Å². The third kappa shape index (κ3) is 6.08. The van der Waals surface area contributed by atoms with Gasteiger partial charge in [-0.1, -0.05) is 37.3 Å². The topological polar surface area (TPSA) is 72.5 Å². The molecule has 0 saturated carbocycles. The SMILES string of the molecule is COC(=O)[C@H](CCCC=O)NC(=O)C(C)Cc1ccccc1. The van der Waals surface area contributed by atoms with Crippen molar-refractivity contribution in [3.05, 3.63) is 35.9 Å². The quantitative estimate of drug-likeness (QED) is 0.429. The van der Waals surface area contributed by atoms with E-state index in [1.54, 1.807) is 0 Å². The summed E-state index contributed by atoms with van der Waals surface area (Å²) in [7, 11) is 1.29. The maximum atomic E-state index is 12.2. The van der Waals surface area contributed by atoms with Crippen LogP contribution < -0.4 is 5.32 Å². The highest BCUT2D eigenvalue weighted by Gasteiger charge is 2.23. The van der Waals surface area contributed by atoms with Crippen LogP contribution in [0.4, 0.5) is 0 Å². The fourth-order valence-corrected chi connectivity index (χ4v) is 2.17. The predicted octanol–water partition coefficient (Wildman–Crippen LogP) is 1.89. The summed E-state index contributed by atoms with van der Waals surface area (Å²) in [4.78, 5) is 34.3. The summed E-state index contributed by atoms with van der Waals surface area (Å²) in [6, 6.07) is 9.01. The maximum absolute atomic E-state index is 12.2. The lowest BCUT2D eigenvalue weighted by atomic mass is 9.99. The summed E-state index contributed by atoms with van der Waals surface area (Å²) < 4.78 is 4.70. The number of aldehydes is 1. The van der Waals surface area contributed by atoms with E-state index in [-0.39, 0.29) is 11.8 Å². The van der Waals surface area contributed by atoms with Crippen LogP contribution in [0.5, 0.6) is 0 Å². The molecule has 1 unspecified atom stereocenters. The molecule has 0 saturated heterocycles. The van der Waals surface area contributed by atoms with Crippen molar-refractivity contribution in [3.63, 3.8) is 0 Å². The van der Waals surface area contributed by atoms with Crippen molar-refractivity contribution in [3.8, 4) is 0 Å². The molecular formula is C17H23NO4. The number of ether oxygens (including phenoxy) is 1. The minimum Gasteiger partial charge on any atom is -0.467 e. The van der Waals surface area contributed by atoms with Crippen molar-refractivity contribution in [1.29, 1.82) is 0 Å². The maximum Gasteiger partial charge on any atom is 0.328 e. The summed E-state index contributed by atoms with van der Waals surface area (Å²) >= 11 is 0. The molecule has 1 amide bonds. The lowest BCUT2D eigenvalue weighted by Crippen LogP contribution is -2.44. The zero-order valence-electron chi connectivity index (χ0n) is 13.1. The van der Waals surface area contributed by atoms with E-state index in [1.807, 2.05) is 37.3 Å². The fraction of sp³-hybridized carbons (Fsp3) is 0.471. The number of carbonyl (C=O) groups excluding carboxylic acids is 3. The third-order valence-electron chi connectivity index (χ3n) is 3.45. The molecule has 22 heavy (non-hydrogen) atoms. The van der Waals surface area contributed by atoms with Crippen LogP contribution in [-0.2, 0) is 25.5 Å². The average Bonchev–Trinajstić information content (AvgIpc) is 2.54. The van der Waals surface area contributed by atoms with E-state index in [4.69, 9.17) is 4.74 Å². The molecule has 0 fully saturated rings. The highest BCUT2D eigenvalue weighted by molar-refractivity contribution is 5.85. The van der Waals surface area contributed by atoms with Gasteiger partial charge in [-0.3, -0.25) is 4.79 Å². The second-order valence-corrected chi connectivity index (χ2v) is 5.27. The molecule has 0 heterocycles. The first-order valence-corrected chi connectivity index (χ1v) is 7.44. The van der Waals surface area contributed by atoms with Crippen molar-refractivity contribution in [2.75, 3.05) is 7.11 Å². The fourth-order valence-electron chi connectivity index (χ4n) is 2.17. The lowest BCUT2D eigenvalue weighted by molar-refractivity contribution is -0.145. The number of hydrogen-bond donors (Lipinski definition) is 1. The highest BCUT2D eigenvalue weighted by Crippen LogP contribution is 2.10. The van der Waals surface area contributed by atoms with Gasteiger partial charge in [-0.15, -0.1) is 0 Å². The molecule has 5 nitrogen and oxygen atoms in total. The molecule has 0 aromatic heterocycles. The smallest absolute Gasteiger partial charge is 0.328 e. The normalized spacial score (nSPS) is 13.0. The van der Waals surface area contributed by atoms with E-state index in [0.717, 1.165) is 11.8 Å². The van der Waals surface area contributed by atoms with Gasteiger partial charge in [0, 0.05) is 12.3 Å². The molecule has 0 aliphatic rings. The Morgan fingerprint density at radius 2 is 1.95 bits per heavy atom. The summed E-state index contributed by atoms with van der Waals surface area (Å²) in [5, 5.41) is 2.72. The Morgan fingerprint density at radius 1 is 1.27 bits per heavy atom. The number of esters is 1. The standard InChI is InChI=1S/C17H23NO4/c1-13(12-14-8-4-3-5-9-14)16(20)18-15(17(21)22-2)10-6-7-11-19/h3-5,8-9,11,13,15H,6-7,10,12H2,1-2H3,(H,18,20)/t13?,15-/m0/s1. The Labute approximate surface area is 131 Å². The van der Waals surface area contributed by atoms with Crippen LogP contribution in [0.1, 0.15) is 31.7 Å². The van der Waals surface area contributed by atoms with Crippen molar-refractivity contribution in [2.45, 2.75) is 38.6 Å². The number of methoxy groups -OCH3 is 1. The number of hydrogen-bond acceptors (Lipinski definition) is 4. The van der Waals surface area contributed by atoms with Gasteiger partial charge >= 0.3 is 5.97 Å². The van der Waals surface area contributed by atoms with Gasteiger partial charge in [-0.2, -0.15) is 0 Å². The van der Waals surface area contributed by atoms with Gasteiger partial charge in [-0.05, 0) is 24.8 Å². The molecule has 1 N–H and O–H groups in total. The first kappa shape index (κ1) is 17.9. The van der Waals surface area contributed by atoms with E-state index in [9.17, 15) is 14.4 Å². The number of unbranched alkanes of at least 4 members (excludes halogenated alkanes) is 1. The minimum atomic E-state index is -0.698. The van der Waals surface area contributed by atoms with Crippen LogP contribution in [0.2, 0.25) is 0 Å². The van der Waals surface area contributed by atoms with E-state index in [0.29, 0.717) is 25.7 Å². The molecule has 0 aliphatic carbocycles. The first-order valence-electron chi connectivity index (χ1n) is 7.44. The first-order chi connectivity index (χ1) is 10.6. The van der Waals surface area contributed by atoms with Crippen molar-refractivity contribution in [1.82, 2.24) is 5.32 Å². The molecule has 1 rings (SSSR count). The Bertz CT molecular complexity index is 487. The molecule has 0 spiro atoms. The number of nitrogens with one attached hydrogen (secondary N) is 1. The predicted molar refractivity (Wildman–Crippen MR) is 83.2 cm³/mol. The van der Waals surface area contributed by atoms with E-state index in [1.165, 1.54) is 7.11 Å². The zero-order chi connectivity index (χ0) is 16.4. The van der Waals surface area contributed by atoms with Crippen molar-refractivity contribution >= 4 is 18.2 Å². The zero-order valence-corrected chi connectivity index (χ0v) is 13.1. The molecule has 2 atom stereocenters. The monoisotopic (exact) mass is 305 g/mol. The molecule has 0 aliphatic heterocycles. The van der Waals surface area contributed by atoms with Gasteiger partial charge in [-0.25, -0.2) is 4.79 Å². The second kappa shape index (κ2) is 9.71. The van der Waals surface area contributed by atoms with E-state index < -0.39 is 12.0 Å². The van der Waals surface area contributed by atoms with Crippen LogP contribution in [0, 0.1) is 5.92 Å². The molecule has 120 valence electrons. The van der Waals surface area contributed by atoms with Crippen LogP contribution in [0.3, 0.4) is 0 Å². The molecule has 5 heteroatoms. The summed E-state index contributed by atoms with van der Waals surface area (Å²) in [5.41, 5.74) is 1.07. The summed E-state index contributed by atoms with van der Waals surface area (Å²) in [6.07, 6.45) is 2.71. The van der Waals surface area contributed by atoms with Crippen molar-refractivity contribution in [2.24, 2.45) is 5.92 Å². The number of carbonyl (C=O) groups is 3. The van der Waals surface area contributed by atoms with Gasteiger partial charge in [0.15, 0.2) is 0 Å². The van der Waals surface area contributed by atoms with Gasteiger partial charge in [0.2, 0.25) is 5.91 Å². The van der Waals surface area contributed by atoms with Crippen LogP contribution in [0.25, 0.3) is 0 Å². The molecule has 0 radical (unpaired) electrons. The van der Waals surface area contributed by atoms with Crippen molar-refractivity contribution < 1.29 is 19.1 Å². The largest absolute Gasteiger partial charge is 0.467 e. The average molecular weight is 305 g/mol. The number of amides is 1. The molecule has 0 bridgehead atoms. The Hall–Kier alpha value is -2.17. The summed E-state index contributed by atoms with van der Waals surface area (Å²) in [5.74, 6) is -0.919. The third-order valence-corrected chi connectivity index (χ3v) is 3.45. The van der Waals surface area contributed by atoms with Gasteiger partial charge in [0.05, 0.1) is 7.11 Å². The number of rotatable bonds is 9. The Kier molecular flexibility index (Phi) is 7.89. The molecule has 1 aromatic rings. The lowest BCUT2D eigenvalue weighted by Gasteiger charge is -2.19. The molecular weight excluding hydrogens is 282 g/mol. The Morgan fingerprint density at radius 3 is 2.55 bits per heavy atom. The second-order valence-electron chi connectivity index (χ2n) is 5.27. The van der Waals surface area contributed by atoms with Gasteiger partial charge in [0.1, 0.15) is 12.3 Å². The highest BCUT2D eigenvalue weighted by atomic mass is 16.5.